The highest BCUT2D eigenvalue weighted by Gasteiger charge is 2.13. The summed E-state index contributed by atoms with van der Waals surface area (Å²) in [5.74, 6) is 0.0856. The summed E-state index contributed by atoms with van der Waals surface area (Å²) in [5.41, 5.74) is 1.63. The Hall–Kier alpha value is -4.33. The second kappa shape index (κ2) is 10.6. The Morgan fingerprint density at radius 3 is 1.97 bits per heavy atom. The van der Waals surface area contributed by atoms with Crippen molar-refractivity contribution in [3.05, 3.63) is 83.9 Å². The lowest BCUT2D eigenvalue weighted by Gasteiger charge is -2.13. The van der Waals surface area contributed by atoms with Crippen molar-refractivity contribution in [3.8, 4) is 11.5 Å². The van der Waals surface area contributed by atoms with E-state index in [4.69, 9.17) is 14.2 Å². The van der Waals surface area contributed by atoms with Gasteiger partial charge in [-0.15, -0.1) is 0 Å². The number of amides is 2. The van der Waals surface area contributed by atoms with Gasteiger partial charge in [0.15, 0.2) is 0 Å². The number of carbonyl (C=O) groups is 3. The van der Waals surface area contributed by atoms with Gasteiger partial charge in [0, 0.05) is 11.1 Å². The largest absolute Gasteiger partial charge is 0.513 e. The average molecular weight is 434 g/mol. The van der Waals surface area contributed by atoms with Crippen molar-refractivity contribution in [2.24, 2.45) is 0 Å². The van der Waals surface area contributed by atoms with E-state index in [9.17, 15) is 14.4 Å². The number of methoxy groups -OCH3 is 1. The van der Waals surface area contributed by atoms with Crippen molar-refractivity contribution in [2.75, 3.05) is 24.4 Å². The molecule has 0 unspecified atom stereocenters. The summed E-state index contributed by atoms with van der Waals surface area (Å²) >= 11 is 0. The zero-order chi connectivity index (χ0) is 22.9. The molecule has 0 bridgehead atoms. The molecule has 2 amide bonds. The standard InChI is InChI=1S/C24H22N2O6/c1-3-31-24(29)32-18-13-11-16(12-14-18)22(27)25-20-9-4-5-10-21(20)26-23(28)17-7-6-8-19(15-17)30-2/h4-15H,3H2,1-2H3,(H,25,27)(H,26,28). The molecule has 0 fully saturated rings. The molecule has 0 spiro atoms. The van der Waals surface area contributed by atoms with E-state index in [2.05, 4.69) is 10.6 Å². The molecule has 0 aromatic heterocycles. The summed E-state index contributed by atoms with van der Waals surface area (Å²) in [7, 11) is 1.53. The van der Waals surface area contributed by atoms with Gasteiger partial charge in [0.05, 0.1) is 25.1 Å². The van der Waals surface area contributed by atoms with E-state index in [1.807, 2.05) is 0 Å². The zero-order valence-electron chi connectivity index (χ0n) is 17.6. The van der Waals surface area contributed by atoms with Crippen LogP contribution in [-0.4, -0.2) is 31.7 Å². The van der Waals surface area contributed by atoms with E-state index < -0.39 is 12.1 Å². The highest BCUT2D eigenvalue weighted by Crippen LogP contribution is 2.24. The van der Waals surface area contributed by atoms with Gasteiger partial charge in [-0.1, -0.05) is 18.2 Å². The summed E-state index contributed by atoms with van der Waals surface area (Å²) in [6, 6.07) is 19.6. The number of anilines is 2. The molecule has 0 aliphatic rings. The molecular weight excluding hydrogens is 412 g/mol. The van der Waals surface area contributed by atoms with Gasteiger partial charge in [0.2, 0.25) is 0 Å². The Morgan fingerprint density at radius 1 is 0.750 bits per heavy atom. The molecule has 8 nitrogen and oxygen atoms in total. The van der Waals surface area contributed by atoms with E-state index in [-0.39, 0.29) is 18.3 Å². The molecule has 3 aromatic carbocycles. The number of para-hydroxylation sites is 2. The van der Waals surface area contributed by atoms with Gasteiger partial charge in [-0.25, -0.2) is 4.79 Å². The first-order chi connectivity index (χ1) is 15.5. The number of carbonyl (C=O) groups excluding carboxylic acids is 3. The molecule has 8 heteroatoms. The third-order valence-electron chi connectivity index (χ3n) is 4.34. The van der Waals surface area contributed by atoms with Gasteiger partial charge in [-0.2, -0.15) is 0 Å². The van der Waals surface area contributed by atoms with Gasteiger partial charge in [0.1, 0.15) is 11.5 Å². The minimum atomic E-state index is -0.814. The molecule has 3 rings (SSSR count). The van der Waals surface area contributed by atoms with E-state index in [0.29, 0.717) is 28.3 Å². The third-order valence-corrected chi connectivity index (χ3v) is 4.34. The van der Waals surface area contributed by atoms with Crippen molar-refractivity contribution >= 4 is 29.3 Å². The van der Waals surface area contributed by atoms with Crippen molar-refractivity contribution in [1.82, 2.24) is 0 Å². The SMILES string of the molecule is CCOC(=O)Oc1ccc(C(=O)Nc2ccccc2NC(=O)c2cccc(OC)c2)cc1. The first-order valence-corrected chi connectivity index (χ1v) is 9.80. The van der Waals surface area contributed by atoms with Crippen LogP contribution in [0.3, 0.4) is 0 Å². The number of rotatable bonds is 7. The molecule has 0 heterocycles. The van der Waals surface area contributed by atoms with Gasteiger partial charge in [0.25, 0.3) is 11.8 Å². The second-order valence-corrected chi connectivity index (χ2v) is 6.50. The van der Waals surface area contributed by atoms with Crippen molar-refractivity contribution in [3.63, 3.8) is 0 Å². The van der Waals surface area contributed by atoms with Gasteiger partial charge < -0.3 is 24.8 Å². The van der Waals surface area contributed by atoms with Crippen LogP contribution in [0.5, 0.6) is 11.5 Å². The van der Waals surface area contributed by atoms with Crippen LogP contribution in [-0.2, 0) is 4.74 Å². The molecule has 0 radical (unpaired) electrons. The Morgan fingerprint density at radius 2 is 1.38 bits per heavy atom. The number of nitrogens with one attached hydrogen (secondary N) is 2. The van der Waals surface area contributed by atoms with Gasteiger partial charge >= 0.3 is 6.16 Å². The first kappa shape index (κ1) is 22.4. The molecule has 0 saturated carbocycles. The molecule has 0 atom stereocenters. The predicted molar refractivity (Wildman–Crippen MR) is 119 cm³/mol. The molecule has 0 aliphatic carbocycles. The lowest BCUT2D eigenvalue weighted by molar-refractivity contribution is 0.101. The lowest BCUT2D eigenvalue weighted by atomic mass is 10.1. The van der Waals surface area contributed by atoms with E-state index in [0.717, 1.165) is 0 Å². The maximum absolute atomic E-state index is 12.7. The minimum Gasteiger partial charge on any atom is -0.497 e. The molecular formula is C24H22N2O6. The van der Waals surface area contributed by atoms with Crippen LogP contribution in [0.1, 0.15) is 27.6 Å². The normalized spacial score (nSPS) is 10.1. The summed E-state index contributed by atoms with van der Waals surface area (Å²) in [4.78, 5) is 36.7. The maximum Gasteiger partial charge on any atom is 0.513 e. The lowest BCUT2D eigenvalue weighted by Crippen LogP contribution is -2.17. The summed E-state index contributed by atoms with van der Waals surface area (Å²) < 4.78 is 14.8. The van der Waals surface area contributed by atoms with Gasteiger partial charge in [-0.05, 0) is 61.5 Å². The van der Waals surface area contributed by atoms with E-state index in [1.54, 1.807) is 55.5 Å². The molecule has 3 aromatic rings. The maximum atomic E-state index is 12.7. The Balaban J connectivity index is 1.69. The minimum absolute atomic E-state index is 0.201. The fourth-order valence-electron chi connectivity index (χ4n) is 2.77. The Labute approximate surface area is 185 Å². The van der Waals surface area contributed by atoms with Crippen LogP contribution in [0.25, 0.3) is 0 Å². The number of benzene rings is 3. The monoisotopic (exact) mass is 434 g/mol. The average Bonchev–Trinajstić information content (AvgIpc) is 2.81. The van der Waals surface area contributed by atoms with Crippen LogP contribution in [0.2, 0.25) is 0 Å². The summed E-state index contributed by atoms with van der Waals surface area (Å²) in [5, 5.41) is 5.57. The Kier molecular flexibility index (Phi) is 7.42. The first-order valence-electron chi connectivity index (χ1n) is 9.80. The molecule has 164 valence electrons. The topological polar surface area (TPSA) is 103 Å². The second-order valence-electron chi connectivity index (χ2n) is 6.50. The van der Waals surface area contributed by atoms with Gasteiger partial charge in [-0.3, -0.25) is 9.59 Å². The third kappa shape index (κ3) is 5.85. The molecule has 32 heavy (non-hydrogen) atoms. The Bertz CT molecular complexity index is 1110. The van der Waals surface area contributed by atoms with E-state index in [1.165, 1.54) is 31.4 Å². The van der Waals surface area contributed by atoms with Crippen LogP contribution in [0, 0.1) is 0 Å². The number of ether oxygens (including phenoxy) is 3. The van der Waals surface area contributed by atoms with Crippen LogP contribution >= 0.6 is 0 Å². The van der Waals surface area contributed by atoms with Crippen LogP contribution < -0.4 is 20.1 Å². The smallest absolute Gasteiger partial charge is 0.497 e. The summed E-state index contributed by atoms with van der Waals surface area (Å²) in [6.07, 6.45) is -0.814. The van der Waals surface area contributed by atoms with Crippen LogP contribution in [0.15, 0.2) is 72.8 Å². The summed E-state index contributed by atoms with van der Waals surface area (Å²) in [6.45, 7) is 1.87. The zero-order valence-corrected chi connectivity index (χ0v) is 17.6. The fraction of sp³-hybridized carbons (Fsp3) is 0.125. The highest BCUT2D eigenvalue weighted by molar-refractivity contribution is 6.10. The number of hydrogen-bond donors (Lipinski definition) is 2. The predicted octanol–water partition coefficient (Wildman–Crippen LogP) is 4.74. The van der Waals surface area contributed by atoms with Crippen LogP contribution in [0.4, 0.5) is 16.2 Å². The molecule has 0 aliphatic heterocycles. The van der Waals surface area contributed by atoms with Crippen molar-refractivity contribution in [1.29, 1.82) is 0 Å². The van der Waals surface area contributed by atoms with E-state index >= 15 is 0 Å². The molecule has 0 saturated heterocycles. The highest BCUT2D eigenvalue weighted by atomic mass is 16.7. The quantitative estimate of drug-likeness (QED) is 0.411. The van der Waals surface area contributed by atoms with Crippen molar-refractivity contribution < 1.29 is 28.6 Å². The number of hydrogen-bond acceptors (Lipinski definition) is 6. The molecule has 2 N–H and O–H groups in total. The fourth-order valence-corrected chi connectivity index (χ4v) is 2.77. The van der Waals surface area contributed by atoms with Crippen molar-refractivity contribution in [2.45, 2.75) is 6.92 Å².